The third kappa shape index (κ3) is 5.38. The average molecular weight is 305 g/mol. The van der Waals surface area contributed by atoms with Crippen LogP contribution in [0.15, 0.2) is 0 Å². The van der Waals surface area contributed by atoms with Gasteiger partial charge in [0.15, 0.2) is 0 Å². The summed E-state index contributed by atoms with van der Waals surface area (Å²) < 4.78 is 22.2. The predicted octanol–water partition coefficient (Wildman–Crippen LogP) is -0.309. The summed E-state index contributed by atoms with van der Waals surface area (Å²) in [6.45, 7) is 5.17. The van der Waals surface area contributed by atoms with E-state index in [0.29, 0.717) is 0 Å². The molecule has 0 aromatic carbocycles. The third-order valence-electron chi connectivity index (χ3n) is 4.02. The van der Waals surface area contributed by atoms with Crippen LogP contribution < -0.4 is 5.73 Å². The van der Waals surface area contributed by atoms with Crippen molar-refractivity contribution in [2.75, 3.05) is 38.7 Å². The summed E-state index contributed by atoms with van der Waals surface area (Å²) in [5.74, 6) is -0.189. The number of carbonyl (C=O) groups excluding carboxylic acids is 1. The number of nitrogens with two attached hydrogens (primary N) is 1. The van der Waals surface area contributed by atoms with Crippen molar-refractivity contribution in [2.45, 2.75) is 38.3 Å². The van der Waals surface area contributed by atoms with E-state index >= 15 is 0 Å². The molecule has 1 unspecified atom stereocenters. The quantitative estimate of drug-likeness (QED) is 0.728. The zero-order chi connectivity index (χ0) is 15.3. The Morgan fingerprint density at radius 2 is 1.95 bits per heavy atom. The molecule has 1 amide bonds. The second-order valence-corrected chi connectivity index (χ2v) is 7.90. The van der Waals surface area contributed by atoms with E-state index in [2.05, 4.69) is 11.8 Å². The highest BCUT2D eigenvalue weighted by Gasteiger charge is 2.27. The predicted molar refractivity (Wildman–Crippen MR) is 80.2 cm³/mol. The number of carbonyl (C=O) groups is 1. The molecule has 1 saturated heterocycles. The normalized spacial score (nSPS) is 19.8. The fourth-order valence-corrected chi connectivity index (χ4v) is 3.21. The molecule has 20 heavy (non-hydrogen) atoms. The number of likely N-dealkylation sites (tertiary alicyclic amines) is 1. The van der Waals surface area contributed by atoms with Crippen molar-refractivity contribution >= 4 is 15.7 Å². The molecular formula is C13H27N3O3S. The molecule has 0 aromatic heterocycles. The number of amides is 1. The van der Waals surface area contributed by atoms with Gasteiger partial charge in [-0.25, -0.2) is 8.42 Å². The minimum Gasteiger partial charge on any atom is -0.341 e. The van der Waals surface area contributed by atoms with Gasteiger partial charge in [-0.15, -0.1) is 0 Å². The van der Waals surface area contributed by atoms with Gasteiger partial charge < -0.3 is 15.5 Å². The molecule has 0 saturated carbocycles. The number of likely N-dealkylation sites (N-methyl/N-ethyl adjacent to an activating group) is 1. The van der Waals surface area contributed by atoms with Gasteiger partial charge in [0.05, 0.1) is 11.8 Å². The number of hydrogen-bond donors (Lipinski definition) is 1. The minimum atomic E-state index is -3.07. The highest BCUT2D eigenvalue weighted by molar-refractivity contribution is 7.90. The van der Waals surface area contributed by atoms with E-state index in [0.717, 1.165) is 38.7 Å². The molecule has 0 spiro atoms. The molecule has 1 aliphatic heterocycles. The van der Waals surface area contributed by atoms with Crippen LogP contribution in [0.5, 0.6) is 0 Å². The Morgan fingerprint density at radius 3 is 2.40 bits per heavy atom. The first-order valence-electron chi connectivity index (χ1n) is 7.17. The molecule has 0 aromatic rings. The van der Waals surface area contributed by atoms with Crippen molar-refractivity contribution in [2.24, 2.45) is 5.73 Å². The van der Waals surface area contributed by atoms with E-state index in [1.165, 1.54) is 0 Å². The lowest BCUT2D eigenvalue weighted by Gasteiger charge is -2.37. The molecule has 7 heteroatoms. The Kier molecular flexibility index (Phi) is 6.42. The molecule has 118 valence electrons. The van der Waals surface area contributed by atoms with Gasteiger partial charge in [0.25, 0.3) is 0 Å². The monoisotopic (exact) mass is 305 g/mol. The Bertz CT molecular complexity index is 417. The Morgan fingerprint density at radius 1 is 1.40 bits per heavy atom. The van der Waals surface area contributed by atoms with Crippen LogP contribution in [-0.2, 0) is 14.6 Å². The molecule has 1 fully saturated rings. The van der Waals surface area contributed by atoms with Crippen molar-refractivity contribution in [1.82, 2.24) is 9.80 Å². The lowest BCUT2D eigenvalue weighted by molar-refractivity contribution is -0.134. The smallest absolute Gasteiger partial charge is 0.239 e. The minimum absolute atomic E-state index is 0.0397. The summed E-state index contributed by atoms with van der Waals surface area (Å²) >= 11 is 0. The van der Waals surface area contributed by atoms with Crippen LogP contribution in [0, 0.1) is 0 Å². The van der Waals surface area contributed by atoms with E-state index < -0.39 is 15.9 Å². The summed E-state index contributed by atoms with van der Waals surface area (Å²) in [6.07, 6.45) is 3.26. The first kappa shape index (κ1) is 17.4. The summed E-state index contributed by atoms with van der Waals surface area (Å²) in [6, 6.07) is -0.506. The van der Waals surface area contributed by atoms with Crippen molar-refractivity contribution in [1.29, 1.82) is 0 Å². The highest BCUT2D eigenvalue weighted by Crippen LogP contribution is 2.16. The van der Waals surface area contributed by atoms with Gasteiger partial charge in [0, 0.05) is 32.4 Å². The standard InChI is InChI=1S/C13H27N3O3S/c1-4-16-8-5-11(6-9-16)15(2)13(17)12(14)7-10-20(3,18)19/h11-12H,4-10,14H2,1-3H3. The van der Waals surface area contributed by atoms with Gasteiger partial charge in [0.1, 0.15) is 9.84 Å². The molecule has 0 bridgehead atoms. The van der Waals surface area contributed by atoms with Gasteiger partial charge in [-0.1, -0.05) is 6.92 Å². The third-order valence-corrected chi connectivity index (χ3v) is 4.99. The molecule has 1 heterocycles. The largest absolute Gasteiger partial charge is 0.341 e. The van der Waals surface area contributed by atoms with Crippen LogP contribution in [0.3, 0.4) is 0 Å². The van der Waals surface area contributed by atoms with E-state index in [-0.39, 0.29) is 24.1 Å². The van der Waals surface area contributed by atoms with Gasteiger partial charge in [-0.2, -0.15) is 0 Å². The average Bonchev–Trinajstić information content (AvgIpc) is 2.42. The number of hydrogen-bond acceptors (Lipinski definition) is 5. The van der Waals surface area contributed by atoms with Crippen LogP contribution in [-0.4, -0.2) is 74.9 Å². The second-order valence-electron chi connectivity index (χ2n) is 5.64. The molecule has 6 nitrogen and oxygen atoms in total. The highest BCUT2D eigenvalue weighted by atomic mass is 32.2. The van der Waals surface area contributed by atoms with Gasteiger partial charge in [-0.05, 0) is 25.8 Å². The lowest BCUT2D eigenvalue weighted by Crippen LogP contribution is -2.50. The van der Waals surface area contributed by atoms with Crippen LogP contribution in [0.4, 0.5) is 0 Å². The zero-order valence-corrected chi connectivity index (χ0v) is 13.5. The summed E-state index contributed by atoms with van der Waals surface area (Å²) in [5.41, 5.74) is 5.82. The lowest BCUT2D eigenvalue weighted by atomic mass is 10.0. The van der Waals surface area contributed by atoms with Gasteiger partial charge in [0.2, 0.25) is 5.91 Å². The van der Waals surface area contributed by atoms with Crippen molar-refractivity contribution in [3.63, 3.8) is 0 Å². The molecule has 1 aliphatic rings. The fourth-order valence-electron chi connectivity index (χ4n) is 2.53. The maximum absolute atomic E-state index is 12.2. The number of nitrogens with zero attached hydrogens (tertiary/aromatic N) is 2. The molecule has 1 rings (SSSR count). The van der Waals surface area contributed by atoms with Gasteiger partial charge >= 0.3 is 0 Å². The number of sulfone groups is 1. The molecule has 0 radical (unpaired) electrons. The van der Waals surface area contributed by atoms with Crippen LogP contribution in [0.25, 0.3) is 0 Å². The summed E-state index contributed by atoms with van der Waals surface area (Å²) in [4.78, 5) is 16.3. The van der Waals surface area contributed by atoms with E-state index in [1.807, 2.05) is 0 Å². The summed E-state index contributed by atoms with van der Waals surface area (Å²) in [7, 11) is -1.30. The maximum Gasteiger partial charge on any atom is 0.239 e. The maximum atomic E-state index is 12.2. The van der Waals surface area contributed by atoms with E-state index in [4.69, 9.17) is 5.73 Å². The Labute approximate surface area is 122 Å². The van der Waals surface area contributed by atoms with Crippen LogP contribution in [0.1, 0.15) is 26.2 Å². The fraction of sp³-hybridized carbons (Fsp3) is 0.923. The number of piperidine rings is 1. The molecule has 2 N–H and O–H groups in total. The van der Waals surface area contributed by atoms with E-state index in [1.54, 1.807) is 11.9 Å². The van der Waals surface area contributed by atoms with Crippen molar-refractivity contribution < 1.29 is 13.2 Å². The first-order valence-corrected chi connectivity index (χ1v) is 9.23. The molecule has 0 aliphatic carbocycles. The first-order chi connectivity index (χ1) is 9.24. The molecular weight excluding hydrogens is 278 g/mol. The van der Waals surface area contributed by atoms with Crippen LogP contribution >= 0.6 is 0 Å². The summed E-state index contributed by atoms with van der Waals surface area (Å²) in [5, 5.41) is 0. The topological polar surface area (TPSA) is 83.7 Å². The van der Waals surface area contributed by atoms with Crippen molar-refractivity contribution in [3.8, 4) is 0 Å². The zero-order valence-electron chi connectivity index (χ0n) is 12.7. The van der Waals surface area contributed by atoms with Crippen LogP contribution in [0.2, 0.25) is 0 Å². The molecule has 1 atom stereocenters. The SMILES string of the molecule is CCN1CCC(N(C)C(=O)C(N)CCS(C)(=O)=O)CC1. The Balaban J connectivity index is 2.46. The van der Waals surface area contributed by atoms with E-state index in [9.17, 15) is 13.2 Å². The second kappa shape index (κ2) is 7.38. The Hall–Kier alpha value is -0.660. The van der Waals surface area contributed by atoms with Crippen molar-refractivity contribution in [3.05, 3.63) is 0 Å². The van der Waals surface area contributed by atoms with Gasteiger partial charge in [-0.3, -0.25) is 4.79 Å². The number of rotatable bonds is 6.